The zero-order valence-electron chi connectivity index (χ0n) is 9.45. The van der Waals surface area contributed by atoms with E-state index in [2.05, 4.69) is 5.32 Å². The number of nitrogens with one attached hydrogen (secondary N) is 1. The first-order chi connectivity index (χ1) is 6.85. The Kier molecular flexibility index (Phi) is 5.93. The van der Waals surface area contributed by atoms with Crippen molar-refractivity contribution in [2.45, 2.75) is 51.9 Å². The molecule has 0 saturated heterocycles. The van der Waals surface area contributed by atoms with Gasteiger partial charge in [0, 0.05) is 6.42 Å². The van der Waals surface area contributed by atoms with E-state index >= 15 is 0 Å². The van der Waals surface area contributed by atoms with Gasteiger partial charge < -0.3 is 15.2 Å². The minimum absolute atomic E-state index is 0.0878. The number of carbonyl (C=O) groups excluding carboxylic acids is 1. The highest BCUT2D eigenvalue weighted by molar-refractivity contribution is 5.66. The number of ether oxygens (including phenoxy) is 1. The highest BCUT2D eigenvalue weighted by Crippen LogP contribution is 2.13. The van der Waals surface area contributed by atoms with Crippen molar-refractivity contribution in [3.05, 3.63) is 0 Å². The topological polar surface area (TPSA) is 75.6 Å². The molecule has 0 heterocycles. The molecule has 88 valence electrons. The molecule has 0 radical (unpaired) electrons. The normalized spacial score (nSPS) is 13.3. The molecule has 0 aromatic rings. The van der Waals surface area contributed by atoms with Crippen LogP contribution in [-0.2, 0) is 14.3 Å². The number of hydrogen-bond donors (Lipinski definition) is 2. The number of aliphatic carboxylic acids is 1. The van der Waals surface area contributed by atoms with Crippen LogP contribution < -0.4 is 5.32 Å². The van der Waals surface area contributed by atoms with Crippen LogP contribution in [0, 0.1) is 0 Å². The van der Waals surface area contributed by atoms with Crippen molar-refractivity contribution in [1.82, 2.24) is 5.32 Å². The Bertz CT molecular complexity index is 210. The SMILES string of the molecule is CC(C)(C)OC(CCCC(=O)O)NC=O. The van der Waals surface area contributed by atoms with Gasteiger partial charge in [0.15, 0.2) is 0 Å². The van der Waals surface area contributed by atoms with E-state index in [0.717, 1.165) is 0 Å². The second-order valence-electron chi connectivity index (χ2n) is 4.29. The number of carboxylic acids is 1. The summed E-state index contributed by atoms with van der Waals surface area (Å²) in [5, 5.41) is 11.0. The Morgan fingerprint density at radius 3 is 2.53 bits per heavy atom. The molecule has 0 rings (SSSR count). The van der Waals surface area contributed by atoms with E-state index in [1.165, 1.54) is 0 Å². The fraction of sp³-hybridized carbons (Fsp3) is 0.800. The Morgan fingerprint density at radius 2 is 2.13 bits per heavy atom. The van der Waals surface area contributed by atoms with Crippen molar-refractivity contribution in [3.63, 3.8) is 0 Å². The Hall–Kier alpha value is -1.10. The van der Waals surface area contributed by atoms with Gasteiger partial charge in [-0.15, -0.1) is 0 Å². The van der Waals surface area contributed by atoms with Gasteiger partial charge in [-0.05, 0) is 33.6 Å². The van der Waals surface area contributed by atoms with E-state index in [9.17, 15) is 9.59 Å². The maximum absolute atomic E-state index is 10.3. The quantitative estimate of drug-likeness (QED) is 0.495. The number of carbonyl (C=O) groups is 2. The standard InChI is InChI=1S/C10H19NO4/c1-10(2,3)15-8(11-7-12)5-4-6-9(13)14/h7-8H,4-6H2,1-3H3,(H,11,12)(H,13,14). The summed E-state index contributed by atoms with van der Waals surface area (Å²) in [4.78, 5) is 20.6. The summed E-state index contributed by atoms with van der Waals surface area (Å²) in [7, 11) is 0. The van der Waals surface area contributed by atoms with Gasteiger partial charge in [0.1, 0.15) is 6.23 Å². The summed E-state index contributed by atoms with van der Waals surface area (Å²) in [5.41, 5.74) is -0.357. The van der Waals surface area contributed by atoms with Crippen LogP contribution in [-0.4, -0.2) is 29.3 Å². The summed E-state index contributed by atoms with van der Waals surface area (Å²) in [6.45, 7) is 5.64. The third-order valence-electron chi connectivity index (χ3n) is 1.61. The van der Waals surface area contributed by atoms with Crippen molar-refractivity contribution in [3.8, 4) is 0 Å². The smallest absolute Gasteiger partial charge is 0.303 e. The van der Waals surface area contributed by atoms with E-state index in [4.69, 9.17) is 9.84 Å². The summed E-state index contributed by atoms with van der Waals surface area (Å²) < 4.78 is 5.52. The first-order valence-corrected chi connectivity index (χ1v) is 4.94. The molecular weight excluding hydrogens is 198 g/mol. The fourth-order valence-corrected chi connectivity index (χ4v) is 1.12. The monoisotopic (exact) mass is 217 g/mol. The second-order valence-corrected chi connectivity index (χ2v) is 4.29. The molecule has 0 aliphatic rings. The Morgan fingerprint density at radius 1 is 1.53 bits per heavy atom. The van der Waals surface area contributed by atoms with E-state index in [1.807, 2.05) is 20.8 Å². The van der Waals surface area contributed by atoms with Gasteiger partial charge in [-0.25, -0.2) is 0 Å². The molecular formula is C10H19NO4. The highest BCUT2D eigenvalue weighted by Gasteiger charge is 2.18. The Balaban J connectivity index is 3.93. The number of hydrogen-bond acceptors (Lipinski definition) is 3. The van der Waals surface area contributed by atoms with Gasteiger partial charge in [0.05, 0.1) is 5.60 Å². The molecule has 0 spiro atoms. The molecule has 0 aliphatic carbocycles. The average Bonchev–Trinajstić information content (AvgIpc) is 2.00. The summed E-state index contributed by atoms with van der Waals surface area (Å²) in [6, 6.07) is 0. The van der Waals surface area contributed by atoms with E-state index in [0.29, 0.717) is 19.3 Å². The van der Waals surface area contributed by atoms with Crippen LogP contribution in [0.2, 0.25) is 0 Å². The molecule has 1 atom stereocenters. The highest BCUT2D eigenvalue weighted by atomic mass is 16.5. The van der Waals surface area contributed by atoms with Crippen LogP contribution in [0.1, 0.15) is 40.0 Å². The summed E-state index contributed by atoms with van der Waals surface area (Å²) in [5.74, 6) is -0.837. The van der Waals surface area contributed by atoms with Crippen LogP contribution in [0.4, 0.5) is 0 Å². The van der Waals surface area contributed by atoms with Gasteiger partial charge in [-0.1, -0.05) is 0 Å². The van der Waals surface area contributed by atoms with Crippen LogP contribution >= 0.6 is 0 Å². The van der Waals surface area contributed by atoms with Gasteiger partial charge in [0.25, 0.3) is 0 Å². The van der Waals surface area contributed by atoms with Crippen molar-refractivity contribution < 1.29 is 19.4 Å². The summed E-state index contributed by atoms with van der Waals surface area (Å²) >= 11 is 0. The molecule has 0 aliphatic heterocycles. The largest absolute Gasteiger partial charge is 0.481 e. The van der Waals surface area contributed by atoms with Gasteiger partial charge in [-0.2, -0.15) is 0 Å². The molecule has 2 N–H and O–H groups in total. The van der Waals surface area contributed by atoms with Crippen molar-refractivity contribution in [2.75, 3.05) is 0 Å². The van der Waals surface area contributed by atoms with E-state index < -0.39 is 12.2 Å². The molecule has 0 aromatic heterocycles. The van der Waals surface area contributed by atoms with Crippen LogP contribution in [0.15, 0.2) is 0 Å². The lowest BCUT2D eigenvalue weighted by molar-refractivity contribution is -0.137. The lowest BCUT2D eigenvalue weighted by Gasteiger charge is -2.26. The molecule has 0 bridgehead atoms. The molecule has 1 amide bonds. The average molecular weight is 217 g/mol. The van der Waals surface area contributed by atoms with E-state index in [1.54, 1.807) is 0 Å². The fourth-order valence-electron chi connectivity index (χ4n) is 1.12. The van der Waals surface area contributed by atoms with Crippen molar-refractivity contribution in [1.29, 1.82) is 0 Å². The predicted octanol–water partition coefficient (Wildman–Crippen LogP) is 1.13. The maximum Gasteiger partial charge on any atom is 0.303 e. The van der Waals surface area contributed by atoms with Gasteiger partial charge >= 0.3 is 5.97 Å². The molecule has 15 heavy (non-hydrogen) atoms. The van der Waals surface area contributed by atoms with Crippen molar-refractivity contribution in [2.24, 2.45) is 0 Å². The van der Waals surface area contributed by atoms with Crippen molar-refractivity contribution >= 4 is 12.4 Å². The minimum Gasteiger partial charge on any atom is -0.481 e. The first-order valence-electron chi connectivity index (χ1n) is 4.94. The van der Waals surface area contributed by atoms with Crippen LogP contribution in [0.3, 0.4) is 0 Å². The molecule has 5 nitrogen and oxygen atoms in total. The predicted molar refractivity (Wildman–Crippen MR) is 55.3 cm³/mol. The third-order valence-corrected chi connectivity index (χ3v) is 1.61. The van der Waals surface area contributed by atoms with E-state index in [-0.39, 0.29) is 12.0 Å². The maximum atomic E-state index is 10.3. The van der Waals surface area contributed by atoms with Crippen LogP contribution in [0.25, 0.3) is 0 Å². The molecule has 0 saturated carbocycles. The van der Waals surface area contributed by atoms with Gasteiger partial charge in [0.2, 0.25) is 6.41 Å². The first kappa shape index (κ1) is 13.9. The lowest BCUT2D eigenvalue weighted by atomic mass is 10.1. The number of amides is 1. The Labute approximate surface area is 89.8 Å². The van der Waals surface area contributed by atoms with Crippen LogP contribution in [0.5, 0.6) is 0 Å². The molecule has 0 aromatic carbocycles. The number of rotatable bonds is 7. The summed E-state index contributed by atoms with van der Waals surface area (Å²) in [6.07, 6.45) is 1.22. The molecule has 1 unspecified atom stereocenters. The lowest BCUT2D eigenvalue weighted by Crippen LogP contribution is -2.37. The zero-order valence-corrected chi connectivity index (χ0v) is 9.45. The third kappa shape index (κ3) is 9.21. The second kappa shape index (κ2) is 6.40. The molecule has 5 heteroatoms. The zero-order chi connectivity index (χ0) is 11.9. The number of carboxylic acid groups (broad SMARTS) is 1. The minimum atomic E-state index is -0.837. The molecule has 0 fully saturated rings. The van der Waals surface area contributed by atoms with Gasteiger partial charge in [-0.3, -0.25) is 9.59 Å².